The lowest BCUT2D eigenvalue weighted by molar-refractivity contribution is 0.648. The number of hydrogen-bond donors (Lipinski definition) is 1. The molecule has 0 saturated carbocycles. The highest BCUT2D eigenvalue weighted by Gasteiger charge is 2.04. The van der Waals surface area contributed by atoms with Gasteiger partial charge in [0.15, 0.2) is 0 Å². The lowest BCUT2D eigenvalue weighted by Gasteiger charge is -2.08. The van der Waals surface area contributed by atoms with Crippen LogP contribution in [0.25, 0.3) is 0 Å². The highest BCUT2D eigenvalue weighted by molar-refractivity contribution is 6.30. The summed E-state index contributed by atoms with van der Waals surface area (Å²) in [4.78, 5) is 7.97. The van der Waals surface area contributed by atoms with Gasteiger partial charge in [-0.1, -0.05) is 25.4 Å². The summed E-state index contributed by atoms with van der Waals surface area (Å²) in [6.45, 7) is 4.32. The van der Waals surface area contributed by atoms with Crippen molar-refractivity contribution < 1.29 is 0 Å². The number of benzene rings is 1. The number of nitrogens with two attached hydrogens (primary N) is 1. The average Bonchev–Trinajstić information content (AvgIpc) is 2.20. The van der Waals surface area contributed by atoms with Crippen LogP contribution >= 0.6 is 11.6 Å². The summed E-state index contributed by atoms with van der Waals surface area (Å²) in [5.41, 5.74) is 7.15. The predicted molar refractivity (Wildman–Crippen MR) is 70.8 cm³/mol. The maximum atomic E-state index is 5.96. The summed E-state index contributed by atoms with van der Waals surface area (Å²) in [5, 5.41) is 0.733. The minimum absolute atomic E-state index is 0.561. The largest absolute Gasteiger partial charge is 0.390 e. The van der Waals surface area contributed by atoms with Gasteiger partial charge in [-0.05, 0) is 36.1 Å². The quantitative estimate of drug-likeness (QED) is 0.635. The van der Waals surface area contributed by atoms with Crippen molar-refractivity contribution in [2.75, 3.05) is 0 Å². The summed E-state index contributed by atoms with van der Waals surface area (Å²) in [5.74, 6) is 0.561. The molecule has 1 aromatic carbocycles. The van der Waals surface area contributed by atoms with Crippen LogP contribution in [0.5, 0.6) is 0 Å². The molecule has 0 fully saturated rings. The molecule has 3 nitrogen and oxygen atoms in total. The van der Waals surface area contributed by atoms with Gasteiger partial charge in [-0.15, -0.1) is 0 Å². The molecule has 0 aliphatic rings. The second kappa shape index (κ2) is 6.28. The smallest absolute Gasteiger partial charge is 0.117 e. The fraction of sp³-hybridized carbons (Fsp3) is 0.333. The first-order valence-corrected chi connectivity index (χ1v) is 5.55. The second-order valence-corrected chi connectivity index (χ2v) is 4.35. The fourth-order valence-electron chi connectivity index (χ4n) is 1.42. The van der Waals surface area contributed by atoms with E-state index in [9.17, 15) is 0 Å². The van der Waals surface area contributed by atoms with Crippen LogP contribution in [0, 0.1) is 5.92 Å². The van der Waals surface area contributed by atoms with Gasteiger partial charge in [-0.3, -0.25) is 0 Å². The van der Waals surface area contributed by atoms with E-state index in [0.29, 0.717) is 5.92 Å². The molecule has 0 aliphatic heterocycles. The molecule has 0 aliphatic carbocycles. The molecule has 0 spiro atoms. The van der Waals surface area contributed by atoms with Gasteiger partial charge in [0, 0.05) is 5.02 Å². The van der Waals surface area contributed by atoms with Crippen molar-refractivity contribution in [1.82, 2.24) is 0 Å². The van der Waals surface area contributed by atoms with Crippen LogP contribution in [-0.4, -0.2) is 12.7 Å². The summed E-state index contributed by atoms with van der Waals surface area (Å²) in [6, 6.07) is 5.66. The Balaban J connectivity index is 2.97. The molecule has 0 amide bonds. The van der Waals surface area contributed by atoms with Crippen molar-refractivity contribution >= 4 is 30.0 Å². The van der Waals surface area contributed by atoms with Crippen LogP contribution in [0.15, 0.2) is 28.2 Å². The van der Waals surface area contributed by atoms with E-state index in [2.05, 4.69) is 23.8 Å². The number of aliphatic imine (C=N–C) groups is 2. The van der Waals surface area contributed by atoms with Crippen LogP contribution in [-0.2, 0) is 6.42 Å². The molecule has 86 valence electrons. The van der Waals surface area contributed by atoms with Gasteiger partial charge in [0.1, 0.15) is 6.34 Å². The molecule has 0 radical (unpaired) electrons. The molecule has 16 heavy (non-hydrogen) atoms. The summed E-state index contributed by atoms with van der Waals surface area (Å²) in [7, 11) is 0. The molecule has 0 heterocycles. The third kappa shape index (κ3) is 4.03. The maximum Gasteiger partial charge on any atom is 0.117 e. The maximum absolute atomic E-state index is 5.96. The first-order chi connectivity index (χ1) is 7.63. The highest BCUT2D eigenvalue weighted by atomic mass is 35.5. The summed E-state index contributed by atoms with van der Waals surface area (Å²) >= 11 is 5.96. The Kier molecular flexibility index (Phi) is 4.99. The first kappa shape index (κ1) is 12.7. The zero-order chi connectivity index (χ0) is 12.0. The van der Waals surface area contributed by atoms with E-state index < -0.39 is 0 Å². The van der Waals surface area contributed by atoms with Crippen LogP contribution in [0.1, 0.15) is 19.4 Å². The Hall–Kier alpha value is -1.35. The standard InChI is InChI=1S/C12H16ClN3/c1-9(2)5-10-6-11(13)3-4-12(10)16-8-15-7-14/h3-4,6-9H,5H2,1-2H3,(H2,14,15,16). The van der Waals surface area contributed by atoms with Crippen molar-refractivity contribution in [3.8, 4) is 0 Å². The zero-order valence-electron chi connectivity index (χ0n) is 9.52. The van der Waals surface area contributed by atoms with Gasteiger partial charge in [0.25, 0.3) is 0 Å². The van der Waals surface area contributed by atoms with Gasteiger partial charge in [0.2, 0.25) is 0 Å². The van der Waals surface area contributed by atoms with Crippen molar-refractivity contribution in [2.45, 2.75) is 20.3 Å². The van der Waals surface area contributed by atoms with Crippen LogP contribution < -0.4 is 5.73 Å². The molecule has 0 atom stereocenters. The van der Waals surface area contributed by atoms with E-state index in [-0.39, 0.29) is 0 Å². The SMILES string of the molecule is CC(C)Cc1cc(Cl)ccc1N=CN=CN. The van der Waals surface area contributed by atoms with Gasteiger partial charge < -0.3 is 5.73 Å². The summed E-state index contributed by atoms with van der Waals surface area (Å²) in [6.07, 6.45) is 3.59. The molecule has 2 N–H and O–H groups in total. The van der Waals surface area contributed by atoms with E-state index in [1.54, 1.807) is 0 Å². The molecule has 0 bridgehead atoms. The van der Waals surface area contributed by atoms with Crippen molar-refractivity contribution in [3.05, 3.63) is 28.8 Å². The van der Waals surface area contributed by atoms with Crippen molar-refractivity contribution in [2.24, 2.45) is 21.6 Å². The molecule has 1 aromatic rings. The van der Waals surface area contributed by atoms with E-state index in [0.717, 1.165) is 22.7 Å². The minimum atomic E-state index is 0.561. The van der Waals surface area contributed by atoms with Gasteiger partial charge in [0.05, 0.1) is 12.0 Å². The van der Waals surface area contributed by atoms with Gasteiger partial charge >= 0.3 is 0 Å². The lowest BCUT2D eigenvalue weighted by Crippen LogP contribution is -1.94. The molecular weight excluding hydrogens is 222 g/mol. The molecule has 0 aromatic heterocycles. The Morgan fingerprint density at radius 3 is 2.81 bits per heavy atom. The molecule has 0 saturated heterocycles. The highest BCUT2D eigenvalue weighted by Crippen LogP contribution is 2.25. The zero-order valence-corrected chi connectivity index (χ0v) is 10.3. The Morgan fingerprint density at radius 2 is 2.19 bits per heavy atom. The van der Waals surface area contributed by atoms with Gasteiger partial charge in [-0.2, -0.15) is 0 Å². The molecule has 4 heteroatoms. The summed E-state index contributed by atoms with van der Waals surface area (Å²) < 4.78 is 0. The monoisotopic (exact) mass is 237 g/mol. The van der Waals surface area contributed by atoms with Gasteiger partial charge in [-0.25, -0.2) is 9.98 Å². The van der Waals surface area contributed by atoms with Crippen LogP contribution in [0.4, 0.5) is 5.69 Å². The Labute approximate surface area is 101 Å². The van der Waals surface area contributed by atoms with Crippen molar-refractivity contribution in [1.29, 1.82) is 0 Å². The number of rotatable bonds is 4. The average molecular weight is 238 g/mol. The lowest BCUT2D eigenvalue weighted by atomic mass is 10.0. The van der Waals surface area contributed by atoms with E-state index in [1.807, 2.05) is 18.2 Å². The topological polar surface area (TPSA) is 50.7 Å². The van der Waals surface area contributed by atoms with E-state index >= 15 is 0 Å². The fourth-order valence-corrected chi connectivity index (χ4v) is 1.61. The second-order valence-electron chi connectivity index (χ2n) is 3.91. The number of hydrogen-bond acceptors (Lipinski definition) is 1. The molecule has 0 unspecified atom stereocenters. The minimum Gasteiger partial charge on any atom is -0.390 e. The molecular formula is C12H16ClN3. The van der Waals surface area contributed by atoms with Crippen molar-refractivity contribution in [3.63, 3.8) is 0 Å². The number of nitrogens with zero attached hydrogens (tertiary/aromatic N) is 2. The van der Waals surface area contributed by atoms with E-state index in [1.165, 1.54) is 12.7 Å². The third-order valence-electron chi connectivity index (χ3n) is 2.02. The predicted octanol–water partition coefficient (Wildman–Crippen LogP) is 3.19. The van der Waals surface area contributed by atoms with Crippen LogP contribution in [0.2, 0.25) is 5.02 Å². The normalized spacial score (nSPS) is 12.0. The third-order valence-corrected chi connectivity index (χ3v) is 2.25. The molecule has 1 rings (SSSR count). The van der Waals surface area contributed by atoms with Crippen LogP contribution in [0.3, 0.4) is 0 Å². The Morgan fingerprint density at radius 1 is 1.44 bits per heavy atom. The Bertz CT molecular complexity index is 397. The first-order valence-electron chi connectivity index (χ1n) is 5.18. The number of halogens is 1. The van der Waals surface area contributed by atoms with E-state index in [4.69, 9.17) is 17.3 Å².